The molecule has 78 valence electrons. The van der Waals surface area contributed by atoms with Crippen molar-refractivity contribution in [2.75, 3.05) is 5.73 Å². The van der Waals surface area contributed by atoms with E-state index in [-0.39, 0.29) is 5.75 Å². The van der Waals surface area contributed by atoms with Crippen LogP contribution in [0.4, 0.5) is 5.00 Å². The number of hydrogen-bond donors (Lipinski definition) is 2. The molecular formula is C10H10N2O2S. The molecule has 15 heavy (non-hydrogen) atoms. The molecule has 5 heteroatoms. The zero-order valence-corrected chi connectivity index (χ0v) is 8.70. The van der Waals surface area contributed by atoms with Gasteiger partial charge in [0, 0.05) is 6.07 Å². The number of phenols is 1. The highest BCUT2D eigenvalue weighted by atomic mass is 32.1. The number of nitrogens with two attached hydrogens (primary N) is 1. The second-order valence-electron chi connectivity index (χ2n) is 2.94. The molecule has 0 saturated heterocycles. The number of benzene rings is 1. The van der Waals surface area contributed by atoms with Crippen molar-refractivity contribution in [1.29, 1.82) is 0 Å². The average molecular weight is 222 g/mol. The van der Waals surface area contributed by atoms with Crippen molar-refractivity contribution in [3.63, 3.8) is 0 Å². The van der Waals surface area contributed by atoms with Crippen LogP contribution in [0.5, 0.6) is 11.5 Å². The van der Waals surface area contributed by atoms with E-state index in [1.807, 2.05) is 0 Å². The van der Waals surface area contributed by atoms with Crippen LogP contribution in [0.2, 0.25) is 0 Å². The Balaban J connectivity index is 1.99. The van der Waals surface area contributed by atoms with E-state index >= 15 is 0 Å². The number of nitrogen functional groups attached to an aromatic ring is 1. The van der Waals surface area contributed by atoms with Crippen molar-refractivity contribution in [1.82, 2.24) is 4.98 Å². The van der Waals surface area contributed by atoms with E-state index in [0.717, 1.165) is 5.01 Å². The Bertz CT molecular complexity index is 456. The van der Waals surface area contributed by atoms with Gasteiger partial charge in [-0.3, -0.25) is 0 Å². The second-order valence-corrected chi connectivity index (χ2v) is 4.09. The molecule has 0 aliphatic heterocycles. The molecule has 0 aliphatic rings. The number of thiazole rings is 1. The molecule has 0 atom stereocenters. The van der Waals surface area contributed by atoms with E-state index in [9.17, 15) is 5.11 Å². The van der Waals surface area contributed by atoms with Gasteiger partial charge in [0.15, 0.2) is 0 Å². The first-order valence-corrected chi connectivity index (χ1v) is 5.18. The summed E-state index contributed by atoms with van der Waals surface area (Å²) in [5.41, 5.74) is 5.53. The fourth-order valence-corrected chi connectivity index (χ4v) is 1.71. The Morgan fingerprint density at radius 3 is 3.00 bits per heavy atom. The molecule has 0 spiro atoms. The van der Waals surface area contributed by atoms with E-state index in [1.165, 1.54) is 11.3 Å². The van der Waals surface area contributed by atoms with Gasteiger partial charge in [-0.1, -0.05) is 17.4 Å². The minimum atomic E-state index is 0.186. The molecule has 0 fully saturated rings. The summed E-state index contributed by atoms with van der Waals surface area (Å²) in [6, 6.07) is 6.64. The molecule has 1 aromatic carbocycles. The maximum Gasteiger partial charge on any atom is 0.140 e. The van der Waals surface area contributed by atoms with Gasteiger partial charge < -0.3 is 15.6 Å². The fraction of sp³-hybridized carbons (Fsp3) is 0.100. The molecule has 0 radical (unpaired) electrons. The Morgan fingerprint density at radius 1 is 1.47 bits per heavy atom. The van der Waals surface area contributed by atoms with Gasteiger partial charge in [0.1, 0.15) is 28.1 Å². The van der Waals surface area contributed by atoms with Crippen molar-refractivity contribution in [3.8, 4) is 11.5 Å². The van der Waals surface area contributed by atoms with E-state index < -0.39 is 0 Å². The average Bonchev–Trinajstić information content (AvgIpc) is 2.62. The van der Waals surface area contributed by atoms with Crippen LogP contribution in [0.15, 0.2) is 30.5 Å². The molecule has 3 N–H and O–H groups in total. The molecule has 0 aliphatic carbocycles. The molecule has 1 aromatic heterocycles. The Labute approximate surface area is 91.0 Å². The minimum absolute atomic E-state index is 0.186. The van der Waals surface area contributed by atoms with Crippen molar-refractivity contribution in [2.24, 2.45) is 0 Å². The van der Waals surface area contributed by atoms with Crippen LogP contribution >= 0.6 is 11.3 Å². The molecule has 0 bridgehead atoms. The number of rotatable bonds is 3. The number of aromatic nitrogens is 1. The number of aromatic hydroxyl groups is 1. The highest BCUT2D eigenvalue weighted by Crippen LogP contribution is 2.20. The first kappa shape index (κ1) is 9.79. The van der Waals surface area contributed by atoms with Crippen LogP contribution in [0, 0.1) is 0 Å². The lowest BCUT2D eigenvalue weighted by molar-refractivity contribution is 0.304. The fourth-order valence-electron chi connectivity index (χ4n) is 1.11. The SMILES string of the molecule is Nc1cnc(COc2cccc(O)c2)s1. The summed E-state index contributed by atoms with van der Waals surface area (Å²) >= 11 is 1.39. The zero-order valence-electron chi connectivity index (χ0n) is 7.88. The zero-order chi connectivity index (χ0) is 10.7. The standard InChI is InChI=1S/C10H10N2O2S/c11-9-5-12-10(15-9)6-14-8-3-1-2-7(13)4-8/h1-5,13H,6,11H2. The number of hydrogen-bond acceptors (Lipinski definition) is 5. The first-order valence-electron chi connectivity index (χ1n) is 4.36. The predicted octanol–water partition coefficient (Wildman–Crippen LogP) is 2.01. The van der Waals surface area contributed by atoms with Gasteiger partial charge in [-0.25, -0.2) is 4.98 Å². The second kappa shape index (κ2) is 4.18. The normalized spacial score (nSPS) is 10.1. The largest absolute Gasteiger partial charge is 0.508 e. The van der Waals surface area contributed by atoms with Gasteiger partial charge in [0.05, 0.1) is 6.20 Å². The molecule has 1 heterocycles. The van der Waals surface area contributed by atoms with E-state index in [0.29, 0.717) is 17.4 Å². The highest BCUT2D eigenvalue weighted by Gasteiger charge is 2.00. The molecule has 2 rings (SSSR count). The summed E-state index contributed by atoms with van der Waals surface area (Å²) in [6.45, 7) is 0.366. The summed E-state index contributed by atoms with van der Waals surface area (Å²) in [4.78, 5) is 4.06. The molecular weight excluding hydrogens is 212 g/mol. The van der Waals surface area contributed by atoms with Gasteiger partial charge in [-0.15, -0.1) is 0 Å². The van der Waals surface area contributed by atoms with Crippen molar-refractivity contribution in [2.45, 2.75) is 6.61 Å². The summed E-state index contributed by atoms with van der Waals surface area (Å²) in [5, 5.41) is 10.7. The summed E-state index contributed by atoms with van der Waals surface area (Å²) in [7, 11) is 0. The van der Waals surface area contributed by atoms with Crippen LogP contribution in [0.1, 0.15) is 5.01 Å². The van der Waals surface area contributed by atoms with Gasteiger partial charge >= 0.3 is 0 Å². The van der Waals surface area contributed by atoms with E-state index in [2.05, 4.69) is 4.98 Å². The lowest BCUT2D eigenvalue weighted by atomic mass is 10.3. The number of ether oxygens (including phenoxy) is 1. The maximum absolute atomic E-state index is 9.20. The quantitative estimate of drug-likeness (QED) is 0.833. The number of anilines is 1. The Morgan fingerprint density at radius 2 is 2.33 bits per heavy atom. The van der Waals surface area contributed by atoms with E-state index in [1.54, 1.807) is 30.5 Å². The van der Waals surface area contributed by atoms with Crippen LogP contribution in [0.25, 0.3) is 0 Å². The molecule has 4 nitrogen and oxygen atoms in total. The van der Waals surface area contributed by atoms with Gasteiger partial charge in [-0.05, 0) is 12.1 Å². The van der Waals surface area contributed by atoms with Crippen molar-refractivity contribution in [3.05, 3.63) is 35.5 Å². The van der Waals surface area contributed by atoms with Crippen LogP contribution in [-0.2, 0) is 6.61 Å². The van der Waals surface area contributed by atoms with Gasteiger partial charge in [0.2, 0.25) is 0 Å². The van der Waals surface area contributed by atoms with Gasteiger partial charge in [0.25, 0.3) is 0 Å². The third kappa shape index (κ3) is 2.60. The topological polar surface area (TPSA) is 68.4 Å². The highest BCUT2D eigenvalue weighted by molar-refractivity contribution is 7.15. The lowest BCUT2D eigenvalue weighted by Crippen LogP contribution is -1.93. The third-order valence-electron chi connectivity index (χ3n) is 1.75. The van der Waals surface area contributed by atoms with Crippen LogP contribution in [0.3, 0.4) is 0 Å². The van der Waals surface area contributed by atoms with Gasteiger partial charge in [-0.2, -0.15) is 0 Å². The summed E-state index contributed by atoms with van der Waals surface area (Å²) in [6.07, 6.45) is 1.60. The molecule has 0 unspecified atom stereocenters. The smallest absolute Gasteiger partial charge is 0.140 e. The summed E-state index contributed by atoms with van der Waals surface area (Å²) in [5.74, 6) is 0.801. The molecule has 0 amide bonds. The van der Waals surface area contributed by atoms with Crippen molar-refractivity contribution >= 4 is 16.3 Å². The Kier molecular flexibility index (Phi) is 2.73. The van der Waals surface area contributed by atoms with E-state index in [4.69, 9.17) is 10.5 Å². The van der Waals surface area contributed by atoms with Crippen LogP contribution in [-0.4, -0.2) is 10.1 Å². The minimum Gasteiger partial charge on any atom is -0.508 e. The molecule has 0 saturated carbocycles. The van der Waals surface area contributed by atoms with Crippen molar-refractivity contribution < 1.29 is 9.84 Å². The monoisotopic (exact) mass is 222 g/mol. The molecule has 2 aromatic rings. The number of nitrogens with zero attached hydrogens (tertiary/aromatic N) is 1. The maximum atomic E-state index is 9.20. The number of phenolic OH excluding ortho intramolecular Hbond substituents is 1. The predicted molar refractivity (Wildman–Crippen MR) is 59.0 cm³/mol. The third-order valence-corrected chi connectivity index (χ3v) is 2.55. The van der Waals surface area contributed by atoms with Crippen LogP contribution < -0.4 is 10.5 Å². The summed E-state index contributed by atoms with van der Waals surface area (Å²) < 4.78 is 5.42. The first-order chi connectivity index (χ1) is 7.24. The Hall–Kier alpha value is -1.75. The lowest BCUT2D eigenvalue weighted by Gasteiger charge is -2.03.